The second kappa shape index (κ2) is 10.6. The van der Waals surface area contributed by atoms with Crippen molar-refractivity contribution in [1.82, 2.24) is 5.32 Å². The Morgan fingerprint density at radius 2 is 1.94 bits per heavy atom. The first-order valence-corrected chi connectivity index (χ1v) is 7.76. The number of hydrogen-bond donors (Lipinski definition) is 1. The Hall–Kier alpha value is -0.593. The molecule has 17 heavy (non-hydrogen) atoms. The fraction of sp³-hybridized carbons (Fsp3) is 0.909. The molecule has 102 valence electrons. The van der Waals surface area contributed by atoms with Crippen LogP contribution in [0.15, 0.2) is 0 Å². The van der Waals surface area contributed by atoms with Crippen LogP contribution in [0.3, 0.4) is 0 Å². The summed E-state index contributed by atoms with van der Waals surface area (Å²) in [6.07, 6.45) is 2.65. The van der Waals surface area contributed by atoms with Gasteiger partial charge in [0.15, 0.2) is 0 Å². The van der Waals surface area contributed by atoms with E-state index in [-0.39, 0.29) is 6.09 Å². The maximum atomic E-state index is 11.0. The second-order valence-electron chi connectivity index (χ2n) is 3.80. The molecule has 0 aliphatic heterocycles. The van der Waals surface area contributed by atoms with Crippen molar-refractivity contribution in [1.29, 1.82) is 0 Å². The Labute approximate surface area is 106 Å². The van der Waals surface area contributed by atoms with E-state index in [4.69, 9.17) is 13.6 Å². The van der Waals surface area contributed by atoms with Gasteiger partial charge in [-0.25, -0.2) is 4.79 Å². The Bertz CT molecular complexity index is 200. The molecule has 5 nitrogen and oxygen atoms in total. The number of nitrogens with one attached hydrogen (secondary N) is 1. The Kier molecular flexibility index (Phi) is 10.2. The second-order valence-corrected chi connectivity index (χ2v) is 6.42. The summed E-state index contributed by atoms with van der Waals surface area (Å²) in [6, 6.07) is 0. The predicted molar refractivity (Wildman–Crippen MR) is 69.5 cm³/mol. The van der Waals surface area contributed by atoms with Crippen molar-refractivity contribution in [2.45, 2.75) is 38.7 Å². The third-order valence-corrected chi connectivity index (χ3v) is 5.17. The molecule has 0 radical (unpaired) electrons. The van der Waals surface area contributed by atoms with Crippen molar-refractivity contribution in [3.05, 3.63) is 0 Å². The lowest BCUT2D eigenvalue weighted by Gasteiger charge is -2.21. The normalized spacial score (nSPS) is 12.5. The van der Waals surface area contributed by atoms with E-state index < -0.39 is 9.28 Å². The third-order valence-electron chi connectivity index (χ3n) is 2.67. The summed E-state index contributed by atoms with van der Waals surface area (Å²) < 4.78 is 15.5. The summed E-state index contributed by atoms with van der Waals surface area (Å²) in [6.45, 7) is 4.98. The Balaban J connectivity index is 3.73. The van der Waals surface area contributed by atoms with E-state index in [1.807, 2.05) is 0 Å². The molecule has 1 N–H and O–H groups in total. The summed E-state index contributed by atoms with van der Waals surface area (Å²) in [7, 11) is 1.88. The molecule has 6 heteroatoms. The molecule has 0 aromatic rings. The van der Waals surface area contributed by atoms with Gasteiger partial charge in [0.25, 0.3) is 0 Å². The average Bonchev–Trinajstić information content (AvgIpc) is 2.33. The van der Waals surface area contributed by atoms with Crippen molar-refractivity contribution < 1.29 is 18.4 Å². The zero-order chi connectivity index (χ0) is 13.1. The molecule has 0 aliphatic carbocycles. The minimum Gasteiger partial charge on any atom is -0.450 e. The minimum absolute atomic E-state index is 0.340. The van der Waals surface area contributed by atoms with Crippen LogP contribution in [-0.4, -0.2) is 42.7 Å². The van der Waals surface area contributed by atoms with Crippen LogP contribution in [0.25, 0.3) is 0 Å². The molecule has 0 rings (SSSR count). The van der Waals surface area contributed by atoms with E-state index >= 15 is 0 Å². The van der Waals surface area contributed by atoms with Gasteiger partial charge in [-0.05, 0) is 25.3 Å². The molecule has 0 heterocycles. The fourth-order valence-corrected chi connectivity index (χ4v) is 3.61. The predicted octanol–water partition coefficient (Wildman–Crippen LogP) is 1.81. The van der Waals surface area contributed by atoms with Gasteiger partial charge in [0.1, 0.15) is 0 Å². The van der Waals surface area contributed by atoms with E-state index in [0.29, 0.717) is 18.7 Å². The molecule has 0 aliphatic rings. The largest absolute Gasteiger partial charge is 0.450 e. The SMILES string of the molecule is CCOC(=O)NCCCC(CC)[SiH](OC)OC. The zero-order valence-electron chi connectivity index (χ0n) is 11.3. The van der Waals surface area contributed by atoms with Crippen molar-refractivity contribution in [3.63, 3.8) is 0 Å². The highest BCUT2D eigenvalue weighted by atomic mass is 28.3. The van der Waals surface area contributed by atoms with E-state index in [2.05, 4.69) is 12.2 Å². The highest BCUT2D eigenvalue weighted by molar-refractivity contribution is 6.46. The number of rotatable bonds is 9. The lowest BCUT2D eigenvalue weighted by Crippen LogP contribution is -2.28. The van der Waals surface area contributed by atoms with Gasteiger partial charge >= 0.3 is 15.4 Å². The third kappa shape index (κ3) is 7.35. The molecule has 0 saturated heterocycles. The Morgan fingerprint density at radius 1 is 1.29 bits per heavy atom. The minimum atomic E-state index is -1.53. The smallest absolute Gasteiger partial charge is 0.407 e. The lowest BCUT2D eigenvalue weighted by atomic mass is 10.2. The molecule has 0 fully saturated rings. The number of hydrogen-bond acceptors (Lipinski definition) is 4. The number of amides is 1. The summed E-state index contributed by atoms with van der Waals surface area (Å²) in [5.41, 5.74) is 0.494. The van der Waals surface area contributed by atoms with E-state index in [1.165, 1.54) is 0 Å². The van der Waals surface area contributed by atoms with E-state index in [1.54, 1.807) is 21.1 Å². The quantitative estimate of drug-likeness (QED) is 0.509. The van der Waals surface area contributed by atoms with Crippen molar-refractivity contribution in [2.75, 3.05) is 27.4 Å². The summed E-state index contributed by atoms with van der Waals surface area (Å²) in [4.78, 5) is 11.0. The van der Waals surface area contributed by atoms with Crippen LogP contribution < -0.4 is 5.32 Å². The first-order valence-electron chi connectivity index (χ1n) is 6.15. The standard InChI is InChI=1S/C11H25NO4Si/c1-5-10(17(14-3)15-4)8-7-9-12-11(13)16-6-2/h10,17H,5-9H2,1-4H3,(H,12,13). The molecule has 0 saturated carbocycles. The number of carbonyl (C=O) groups excluding carboxylic acids is 1. The van der Waals surface area contributed by atoms with Gasteiger partial charge in [-0.1, -0.05) is 13.3 Å². The Morgan fingerprint density at radius 3 is 2.41 bits per heavy atom. The van der Waals surface area contributed by atoms with Gasteiger partial charge in [0.2, 0.25) is 0 Å². The van der Waals surface area contributed by atoms with Crippen molar-refractivity contribution in [2.24, 2.45) is 0 Å². The van der Waals surface area contributed by atoms with Crippen LogP contribution in [-0.2, 0) is 13.6 Å². The average molecular weight is 263 g/mol. The number of carbonyl (C=O) groups is 1. The molecular weight excluding hydrogens is 238 g/mol. The van der Waals surface area contributed by atoms with Gasteiger partial charge in [-0.15, -0.1) is 0 Å². The topological polar surface area (TPSA) is 56.8 Å². The highest BCUT2D eigenvalue weighted by Gasteiger charge is 2.22. The first kappa shape index (κ1) is 16.4. The highest BCUT2D eigenvalue weighted by Crippen LogP contribution is 2.22. The van der Waals surface area contributed by atoms with Gasteiger partial charge in [-0.2, -0.15) is 0 Å². The molecular formula is C11H25NO4Si. The number of alkyl carbamates (subject to hydrolysis) is 1. The summed E-state index contributed by atoms with van der Waals surface area (Å²) >= 11 is 0. The first-order chi connectivity index (χ1) is 8.19. The van der Waals surface area contributed by atoms with Gasteiger partial charge < -0.3 is 18.9 Å². The maximum Gasteiger partial charge on any atom is 0.407 e. The summed E-state index contributed by atoms with van der Waals surface area (Å²) in [5.74, 6) is 0. The van der Waals surface area contributed by atoms with Gasteiger partial charge in [-0.3, -0.25) is 0 Å². The summed E-state index contributed by atoms with van der Waals surface area (Å²) in [5, 5.41) is 2.71. The molecule has 0 bridgehead atoms. The van der Waals surface area contributed by atoms with Gasteiger partial charge in [0, 0.05) is 20.8 Å². The molecule has 1 atom stereocenters. The number of ether oxygens (including phenoxy) is 1. The maximum absolute atomic E-state index is 11.0. The molecule has 0 spiro atoms. The van der Waals surface area contributed by atoms with E-state index in [0.717, 1.165) is 19.3 Å². The van der Waals surface area contributed by atoms with E-state index in [9.17, 15) is 4.79 Å². The van der Waals surface area contributed by atoms with Crippen LogP contribution in [0.2, 0.25) is 5.54 Å². The fourth-order valence-electron chi connectivity index (χ4n) is 1.75. The monoisotopic (exact) mass is 263 g/mol. The van der Waals surface area contributed by atoms with Crippen LogP contribution in [0.4, 0.5) is 4.79 Å². The zero-order valence-corrected chi connectivity index (χ0v) is 12.5. The van der Waals surface area contributed by atoms with Gasteiger partial charge in [0.05, 0.1) is 6.61 Å². The van der Waals surface area contributed by atoms with Crippen molar-refractivity contribution in [3.8, 4) is 0 Å². The van der Waals surface area contributed by atoms with Crippen LogP contribution in [0.5, 0.6) is 0 Å². The molecule has 1 amide bonds. The molecule has 0 aromatic heterocycles. The van der Waals surface area contributed by atoms with Crippen molar-refractivity contribution >= 4 is 15.4 Å². The van der Waals surface area contributed by atoms with Crippen LogP contribution in [0, 0.1) is 0 Å². The lowest BCUT2D eigenvalue weighted by molar-refractivity contribution is 0.152. The van der Waals surface area contributed by atoms with Crippen LogP contribution >= 0.6 is 0 Å². The van der Waals surface area contributed by atoms with Crippen LogP contribution in [0.1, 0.15) is 33.1 Å². The molecule has 1 unspecified atom stereocenters. The molecule has 0 aromatic carbocycles.